The molecule has 1 fully saturated rings. The number of amides is 1. The van der Waals surface area contributed by atoms with Gasteiger partial charge in [0.2, 0.25) is 5.91 Å². The molecule has 5 heteroatoms. The van der Waals surface area contributed by atoms with Crippen molar-refractivity contribution in [2.24, 2.45) is 5.92 Å². The Morgan fingerprint density at radius 1 is 1.15 bits per heavy atom. The van der Waals surface area contributed by atoms with E-state index in [1.54, 1.807) is 19.1 Å². The van der Waals surface area contributed by atoms with Crippen molar-refractivity contribution in [3.63, 3.8) is 0 Å². The summed E-state index contributed by atoms with van der Waals surface area (Å²) < 4.78 is 11.3. The van der Waals surface area contributed by atoms with Crippen molar-refractivity contribution in [2.75, 3.05) is 11.9 Å². The number of rotatable bonds is 8. The quantitative estimate of drug-likeness (QED) is 0.738. The van der Waals surface area contributed by atoms with E-state index in [4.69, 9.17) is 9.47 Å². The second kappa shape index (κ2) is 7.79. The lowest BCUT2D eigenvalue weighted by Crippen LogP contribution is -2.32. The van der Waals surface area contributed by atoms with Crippen molar-refractivity contribution < 1.29 is 19.4 Å². The summed E-state index contributed by atoms with van der Waals surface area (Å²) in [4.78, 5) is 12.3. The molecule has 0 heterocycles. The minimum atomic E-state index is -0.949. The average Bonchev–Trinajstić information content (AvgIpc) is 3.44. The van der Waals surface area contributed by atoms with E-state index < -0.39 is 5.60 Å². The number of carbonyl (C=O) groups is 1. The van der Waals surface area contributed by atoms with Gasteiger partial charge in [0.25, 0.3) is 0 Å². The second-order valence-corrected chi connectivity index (χ2v) is 6.86. The van der Waals surface area contributed by atoms with Crippen molar-refractivity contribution in [3.05, 3.63) is 48.5 Å². The summed E-state index contributed by atoms with van der Waals surface area (Å²) in [6.45, 7) is 4.27. The van der Waals surface area contributed by atoms with Crippen LogP contribution in [0.25, 0.3) is 0 Å². The van der Waals surface area contributed by atoms with E-state index in [1.165, 1.54) is 0 Å². The van der Waals surface area contributed by atoms with E-state index in [2.05, 4.69) is 5.32 Å². The summed E-state index contributed by atoms with van der Waals surface area (Å²) in [6.07, 6.45) is 2.05. The molecule has 1 amide bonds. The Labute approximate surface area is 153 Å². The van der Waals surface area contributed by atoms with Crippen LogP contribution in [0, 0.1) is 5.92 Å². The summed E-state index contributed by atoms with van der Waals surface area (Å²) in [5.74, 6) is 1.99. The number of benzene rings is 2. The van der Waals surface area contributed by atoms with Crippen LogP contribution in [0.1, 0.15) is 33.1 Å². The highest BCUT2D eigenvalue weighted by Crippen LogP contribution is 2.41. The molecule has 1 aliphatic carbocycles. The molecule has 0 aliphatic heterocycles. The average molecular weight is 355 g/mol. The molecular weight excluding hydrogens is 330 g/mol. The first-order valence-electron chi connectivity index (χ1n) is 9.00. The largest absolute Gasteiger partial charge is 0.494 e. The number of anilines is 1. The number of para-hydroxylation sites is 2. The summed E-state index contributed by atoms with van der Waals surface area (Å²) in [5, 5.41) is 13.2. The van der Waals surface area contributed by atoms with Crippen LogP contribution in [0.3, 0.4) is 0 Å². The highest BCUT2D eigenvalue weighted by atomic mass is 16.5. The van der Waals surface area contributed by atoms with Crippen LogP contribution in [-0.4, -0.2) is 23.2 Å². The minimum Gasteiger partial charge on any atom is -0.494 e. The van der Waals surface area contributed by atoms with Crippen molar-refractivity contribution in [1.82, 2.24) is 0 Å². The SMILES string of the molecule is CCOc1ccc(Oc2ccccc2NC(=O)CC(C)(O)C2CC2)cc1. The van der Waals surface area contributed by atoms with Gasteiger partial charge < -0.3 is 19.9 Å². The van der Waals surface area contributed by atoms with Crippen molar-refractivity contribution >= 4 is 11.6 Å². The zero-order valence-corrected chi connectivity index (χ0v) is 15.2. The molecule has 0 saturated heterocycles. The Morgan fingerprint density at radius 2 is 1.81 bits per heavy atom. The topological polar surface area (TPSA) is 67.8 Å². The van der Waals surface area contributed by atoms with E-state index in [1.807, 2.05) is 43.3 Å². The first-order chi connectivity index (χ1) is 12.5. The Hall–Kier alpha value is -2.53. The first kappa shape index (κ1) is 18.3. The standard InChI is InChI=1S/C21H25NO4/c1-3-25-16-10-12-17(13-11-16)26-19-7-5-4-6-18(19)22-20(23)14-21(2,24)15-8-9-15/h4-7,10-13,15,24H,3,8-9,14H2,1-2H3,(H,22,23). The third-order valence-corrected chi connectivity index (χ3v) is 4.50. The highest BCUT2D eigenvalue weighted by Gasteiger charge is 2.41. The lowest BCUT2D eigenvalue weighted by atomic mass is 9.96. The molecular formula is C21H25NO4. The zero-order chi connectivity index (χ0) is 18.6. The van der Waals surface area contributed by atoms with Crippen LogP contribution in [0.4, 0.5) is 5.69 Å². The summed E-state index contributed by atoms with van der Waals surface area (Å²) >= 11 is 0. The predicted molar refractivity (Wildman–Crippen MR) is 101 cm³/mol. The van der Waals surface area contributed by atoms with Gasteiger partial charge in [-0.05, 0) is 69.0 Å². The minimum absolute atomic E-state index is 0.0784. The van der Waals surface area contributed by atoms with Crippen molar-refractivity contribution in [3.8, 4) is 17.2 Å². The maximum absolute atomic E-state index is 12.3. The maximum atomic E-state index is 12.3. The van der Waals surface area contributed by atoms with Gasteiger partial charge in [0.05, 0.1) is 24.3 Å². The van der Waals surface area contributed by atoms with Crippen molar-refractivity contribution in [1.29, 1.82) is 0 Å². The summed E-state index contributed by atoms with van der Waals surface area (Å²) in [5.41, 5.74) is -0.368. The molecule has 26 heavy (non-hydrogen) atoms. The smallest absolute Gasteiger partial charge is 0.227 e. The molecule has 2 aromatic rings. The maximum Gasteiger partial charge on any atom is 0.227 e. The lowest BCUT2D eigenvalue weighted by molar-refractivity contribution is -0.121. The number of carbonyl (C=O) groups excluding carboxylic acids is 1. The van der Waals surface area contributed by atoms with Gasteiger partial charge in [-0.2, -0.15) is 0 Å². The molecule has 5 nitrogen and oxygen atoms in total. The lowest BCUT2D eigenvalue weighted by Gasteiger charge is -2.22. The molecule has 1 saturated carbocycles. The first-order valence-corrected chi connectivity index (χ1v) is 9.00. The fraction of sp³-hybridized carbons (Fsp3) is 0.381. The molecule has 1 unspecified atom stereocenters. The van der Waals surface area contributed by atoms with E-state index in [0.717, 1.165) is 18.6 Å². The van der Waals surface area contributed by atoms with Gasteiger partial charge in [0, 0.05) is 0 Å². The van der Waals surface area contributed by atoms with Crippen LogP contribution < -0.4 is 14.8 Å². The van der Waals surface area contributed by atoms with E-state index in [9.17, 15) is 9.90 Å². The van der Waals surface area contributed by atoms with E-state index in [0.29, 0.717) is 23.8 Å². The van der Waals surface area contributed by atoms with E-state index in [-0.39, 0.29) is 18.2 Å². The van der Waals surface area contributed by atoms with Gasteiger partial charge in [0.15, 0.2) is 5.75 Å². The van der Waals surface area contributed by atoms with Gasteiger partial charge in [-0.1, -0.05) is 12.1 Å². The zero-order valence-electron chi connectivity index (χ0n) is 15.2. The Bertz CT molecular complexity index is 751. The fourth-order valence-corrected chi connectivity index (χ4v) is 2.93. The van der Waals surface area contributed by atoms with Crippen LogP contribution in [0.5, 0.6) is 17.2 Å². The van der Waals surface area contributed by atoms with Crippen LogP contribution >= 0.6 is 0 Å². The monoisotopic (exact) mass is 355 g/mol. The molecule has 0 spiro atoms. The molecule has 3 rings (SSSR count). The van der Waals surface area contributed by atoms with Crippen LogP contribution in [-0.2, 0) is 4.79 Å². The summed E-state index contributed by atoms with van der Waals surface area (Å²) in [7, 11) is 0. The number of hydrogen-bond donors (Lipinski definition) is 2. The second-order valence-electron chi connectivity index (χ2n) is 6.86. The number of nitrogens with one attached hydrogen (secondary N) is 1. The Balaban J connectivity index is 1.66. The Morgan fingerprint density at radius 3 is 2.46 bits per heavy atom. The molecule has 1 aliphatic rings. The van der Waals surface area contributed by atoms with Crippen LogP contribution in [0.2, 0.25) is 0 Å². The molecule has 138 valence electrons. The van der Waals surface area contributed by atoms with Crippen LogP contribution in [0.15, 0.2) is 48.5 Å². The van der Waals surface area contributed by atoms with Gasteiger partial charge in [0.1, 0.15) is 11.5 Å². The number of aliphatic hydroxyl groups is 1. The highest BCUT2D eigenvalue weighted by molar-refractivity contribution is 5.93. The third kappa shape index (κ3) is 4.76. The molecule has 2 N–H and O–H groups in total. The molecule has 0 aromatic heterocycles. The predicted octanol–water partition coefficient (Wildman–Crippen LogP) is 4.37. The summed E-state index contributed by atoms with van der Waals surface area (Å²) in [6, 6.07) is 14.6. The number of ether oxygens (including phenoxy) is 2. The van der Waals surface area contributed by atoms with Crippen molar-refractivity contribution in [2.45, 2.75) is 38.7 Å². The normalized spacial score (nSPS) is 15.8. The molecule has 0 bridgehead atoms. The van der Waals surface area contributed by atoms with Gasteiger partial charge in [-0.15, -0.1) is 0 Å². The third-order valence-electron chi connectivity index (χ3n) is 4.50. The van der Waals surface area contributed by atoms with Gasteiger partial charge in [-0.25, -0.2) is 0 Å². The molecule has 0 radical (unpaired) electrons. The fourth-order valence-electron chi connectivity index (χ4n) is 2.93. The van der Waals surface area contributed by atoms with Gasteiger partial charge >= 0.3 is 0 Å². The Kier molecular flexibility index (Phi) is 5.47. The van der Waals surface area contributed by atoms with Gasteiger partial charge in [-0.3, -0.25) is 4.79 Å². The van der Waals surface area contributed by atoms with E-state index >= 15 is 0 Å². The molecule has 2 aromatic carbocycles. The molecule has 1 atom stereocenters. The number of hydrogen-bond acceptors (Lipinski definition) is 4.